The van der Waals surface area contributed by atoms with Crippen LogP contribution in [0.2, 0.25) is 0 Å². The molecule has 1 atom stereocenters. The van der Waals surface area contributed by atoms with E-state index in [9.17, 15) is 37.8 Å². The monoisotopic (exact) mass is 499 g/mol. The molecule has 35 heavy (non-hydrogen) atoms. The normalized spacial score (nSPS) is 12.1. The summed E-state index contributed by atoms with van der Waals surface area (Å²) in [5.74, 6) is -3.97. The smallest absolute Gasteiger partial charge is 0.394 e. The zero-order chi connectivity index (χ0) is 26.3. The van der Waals surface area contributed by atoms with Crippen LogP contribution in [0.4, 0.5) is 18.9 Å². The van der Waals surface area contributed by atoms with Crippen LogP contribution in [0.1, 0.15) is 34.8 Å². The molecule has 0 aromatic heterocycles. The second-order valence-electron chi connectivity index (χ2n) is 7.62. The number of phenols is 1. The first-order chi connectivity index (χ1) is 16.3. The van der Waals surface area contributed by atoms with E-state index in [0.717, 1.165) is 6.92 Å². The molecule has 0 saturated carbocycles. The molecule has 190 valence electrons. The first-order valence-corrected chi connectivity index (χ1v) is 10.3. The SMILES string of the molecule is CC(=O)c1ccc(OCC(O)COc2ccc(C)c(NC(=O)C(=O)O)c2)c(CCC(F)(F)F)c1O. The summed E-state index contributed by atoms with van der Waals surface area (Å²) in [4.78, 5) is 33.7. The van der Waals surface area contributed by atoms with Crippen LogP contribution in [0.15, 0.2) is 30.3 Å². The van der Waals surface area contributed by atoms with E-state index < -0.39 is 55.1 Å². The number of ether oxygens (including phenoxy) is 2. The first kappa shape index (κ1) is 27.4. The Labute approximate surface area is 198 Å². The van der Waals surface area contributed by atoms with Gasteiger partial charge >= 0.3 is 18.1 Å². The topological polar surface area (TPSA) is 142 Å². The number of halogens is 3. The fraction of sp³-hybridized carbons (Fsp3) is 0.348. The van der Waals surface area contributed by atoms with Crippen LogP contribution in [0.3, 0.4) is 0 Å². The van der Waals surface area contributed by atoms with Gasteiger partial charge in [0.2, 0.25) is 0 Å². The number of carbonyl (C=O) groups is 3. The van der Waals surface area contributed by atoms with Crippen LogP contribution in [-0.4, -0.2) is 58.5 Å². The highest BCUT2D eigenvalue weighted by molar-refractivity contribution is 6.36. The molecule has 4 N–H and O–H groups in total. The number of aliphatic hydroxyl groups excluding tert-OH is 1. The van der Waals surface area contributed by atoms with Gasteiger partial charge in [0.05, 0.1) is 5.56 Å². The maximum absolute atomic E-state index is 12.7. The number of hydrogen-bond acceptors (Lipinski definition) is 7. The molecule has 0 saturated heterocycles. The largest absolute Gasteiger partial charge is 0.507 e. The van der Waals surface area contributed by atoms with Crippen molar-refractivity contribution in [2.75, 3.05) is 18.5 Å². The van der Waals surface area contributed by atoms with Gasteiger partial charge in [0.1, 0.15) is 36.6 Å². The van der Waals surface area contributed by atoms with Crippen LogP contribution in [0.5, 0.6) is 17.2 Å². The minimum absolute atomic E-state index is 0.121. The summed E-state index contributed by atoms with van der Waals surface area (Å²) in [7, 11) is 0. The van der Waals surface area contributed by atoms with Gasteiger partial charge in [-0.15, -0.1) is 0 Å². The quantitative estimate of drug-likeness (QED) is 0.288. The van der Waals surface area contributed by atoms with E-state index in [0.29, 0.717) is 5.56 Å². The van der Waals surface area contributed by atoms with Gasteiger partial charge < -0.3 is 30.1 Å². The molecule has 0 bridgehead atoms. The molecular weight excluding hydrogens is 475 g/mol. The van der Waals surface area contributed by atoms with Gasteiger partial charge in [0.25, 0.3) is 0 Å². The summed E-state index contributed by atoms with van der Waals surface area (Å²) < 4.78 is 48.9. The van der Waals surface area contributed by atoms with E-state index in [4.69, 9.17) is 14.6 Å². The minimum atomic E-state index is -4.50. The number of ketones is 1. The van der Waals surface area contributed by atoms with Crippen molar-refractivity contribution in [2.24, 2.45) is 0 Å². The second-order valence-corrected chi connectivity index (χ2v) is 7.62. The van der Waals surface area contributed by atoms with Crippen molar-refractivity contribution in [3.05, 3.63) is 47.0 Å². The predicted octanol–water partition coefficient (Wildman–Crippen LogP) is 3.24. The molecule has 0 heterocycles. The molecule has 2 aromatic carbocycles. The van der Waals surface area contributed by atoms with Crippen LogP contribution in [0, 0.1) is 6.92 Å². The third-order valence-corrected chi connectivity index (χ3v) is 4.80. The van der Waals surface area contributed by atoms with Gasteiger partial charge in [-0.3, -0.25) is 9.59 Å². The van der Waals surface area contributed by atoms with E-state index in [1.54, 1.807) is 13.0 Å². The Morgan fingerprint density at radius 3 is 2.34 bits per heavy atom. The lowest BCUT2D eigenvalue weighted by Crippen LogP contribution is -2.25. The number of amides is 1. The molecule has 0 radical (unpaired) electrons. The molecule has 9 nitrogen and oxygen atoms in total. The number of aliphatic carboxylic acids is 1. The van der Waals surface area contributed by atoms with Gasteiger partial charge in [-0.05, 0) is 44.0 Å². The number of phenolic OH excluding ortho intramolecular Hbond substituents is 1. The summed E-state index contributed by atoms with van der Waals surface area (Å²) in [5.41, 5.74) is 0.399. The number of carbonyl (C=O) groups excluding carboxylic acids is 2. The van der Waals surface area contributed by atoms with Crippen molar-refractivity contribution >= 4 is 23.3 Å². The maximum atomic E-state index is 12.7. The number of hydrogen-bond donors (Lipinski definition) is 4. The molecule has 12 heteroatoms. The zero-order valence-electron chi connectivity index (χ0n) is 18.8. The third kappa shape index (κ3) is 8.18. The number of nitrogens with one attached hydrogen (secondary N) is 1. The van der Waals surface area contributed by atoms with E-state index in [1.165, 1.54) is 24.3 Å². The average Bonchev–Trinajstić information content (AvgIpc) is 2.76. The van der Waals surface area contributed by atoms with E-state index >= 15 is 0 Å². The molecule has 2 aromatic rings. The van der Waals surface area contributed by atoms with Crippen LogP contribution >= 0.6 is 0 Å². The van der Waals surface area contributed by atoms with Gasteiger partial charge in [-0.2, -0.15) is 13.2 Å². The van der Waals surface area contributed by atoms with Crippen molar-refractivity contribution in [1.82, 2.24) is 0 Å². The Morgan fingerprint density at radius 1 is 1.09 bits per heavy atom. The lowest BCUT2D eigenvalue weighted by Gasteiger charge is -2.18. The number of alkyl halides is 3. The van der Waals surface area contributed by atoms with Gasteiger partial charge in [-0.25, -0.2) is 4.79 Å². The number of anilines is 1. The van der Waals surface area contributed by atoms with Crippen LogP contribution in [0.25, 0.3) is 0 Å². The molecule has 0 spiro atoms. The Morgan fingerprint density at radius 2 is 1.74 bits per heavy atom. The highest BCUT2D eigenvalue weighted by atomic mass is 19.4. The standard InChI is InChI=1S/C23H24F3NO8/c1-12-3-4-15(9-18(12)27-21(31)22(32)33)34-10-14(29)11-35-19-6-5-16(13(2)28)20(30)17(19)7-8-23(24,25)26/h3-6,9,14,29-30H,7-8,10-11H2,1-2H3,(H,27,31)(H,32,33). The number of aryl methyl sites for hydroxylation is 1. The number of benzene rings is 2. The third-order valence-electron chi connectivity index (χ3n) is 4.80. The van der Waals surface area contributed by atoms with E-state index in [1.807, 2.05) is 0 Å². The fourth-order valence-electron chi connectivity index (χ4n) is 2.97. The van der Waals surface area contributed by atoms with Crippen molar-refractivity contribution in [3.8, 4) is 17.2 Å². The van der Waals surface area contributed by atoms with Crippen molar-refractivity contribution in [2.45, 2.75) is 39.0 Å². The molecule has 0 aliphatic heterocycles. The van der Waals surface area contributed by atoms with Gasteiger partial charge in [0, 0.05) is 23.7 Å². The number of aliphatic hydroxyl groups is 1. The molecule has 1 unspecified atom stereocenters. The van der Waals surface area contributed by atoms with Crippen LogP contribution < -0.4 is 14.8 Å². The minimum Gasteiger partial charge on any atom is -0.507 e. The zero-order valence-corrected chi connectivity index (χ0v) is 18.8. The predicted molar refractivity (Wildman–Crippen MR) is 117 cm³/mol. The van der Waals surface area contributed by atoms with Crippen molar-refractivity contribution in [3.63, 3.8) is 0 Å². The summed E-state index contributed by atoms with van der Waals surface area (Å²) in [6, 6.07) is 6.89. The first-order valence-electron chi connectivity index (χ1n) is 10.3. The van der Waals surface area contributed by atoms with Crippen LogP contribution in [-0.2, 0) is 16.0 Å². The highest BCUT2D eigenvalue weighted by Gasteiger charge is 2.29. The molecule has 1 amide bonds. The lowest BCUT2D eigenvalue weighted by molar-refractivity contribution is -0.147. The molecule has 0 aliphatic rings. The Balaban J connectivity index is 2.05. The Kier molecular flexibility index (Phi) is 9.06. The Bertz CT molecular complexity index is 1100. The molecular formula is C23H24F3NO8. The second kappa shape index (κ2) is 11.6. The Hall–Kier alpha value is -3.80. The summed E-state index contributed by atoms with van der Waals surface area (Å²) >= 11 is 0. The number of rotatable bonds is 10. The van der Waals surface area contributed by atoms with Crippen molar-refractivity contribution in [1.29, 1.82) is 0 Å². The molecule has 2 rings (SSSR count). The summed E-state index contributed by atoms with van der Waals surface area (Å²) in [6.07, 6.45) is -7.64. The lowest BCUT2D eigenvalue weighted by atomic mass is 10.0. The van der Waals surface area contributed by atoms with Gasteiger partial charge in [0.15, 0.2) is 5.78 Å². The highest BCUT2D eigenvalue weighted by Crippen LogP contribution is 2.35. The van der Waals surface area contributed by atoms with E-state index in [-0.39, 0.29) is 34.9 Å². The number of aromatic hydroxyl groups is 1. The molecule has 0 aliphatic carbocycles. The van der Waals surface area contributed by atoms with E-state index in [2.05, 4.69) is 5.32 Å². The fourth-order valence-corrected chi connectivity index (χ4v) is 2.97. The maximum Gasteiger partial charge on any atom is 0.394 e. The average molecular weight is 499 g/mol. The number of carboxylic acids is 1. The number of carboxylic acid groups (broad SMARTS) is 1. The van der Waals surface area contributed by atoms with Gasteiger partial charge in [-0.1, -0.05) is 6.07 Å². The number of Topliss-reactive ketones (excluding diaryl/α,β-unsaturated/α-hetero) is 1. The summed E-state index contributed by atoms with van der Waals surface area (Å²) in [6.45, 7) is 2.07. The van der Waals surface area contributed by atoms with Crippen molar-refractivity contribution < 1.29 is 52.3 Å². The molecule has 0 fully saturated rings. The summed E-state index contributed by atoms with van der Waals surface area (Å²) in [5, 5.41) is 31.4.